The van der Waals surface area contributed by atoms with Crippen molar-refractivity contribution in [1.82, 2.24) is 20.4 Å². The predicted molar refractivity (Wildman–Crippen MR) is 123 cm³/mol. The Bertz CT molecular complexity index is 1450. The number of nitrogens with one attached hydrogen (secondary N) is 2. The van der Waals surface area contributed by atoms with Crippen LogP contribution in [0.15, 0.2) is 47.5 Å². The Morgan fingerprint density at radius 2 is 1.97 bits per heavy atom. The number of carbonyl (C=O) groups is 1. The van der Waals surface area contributed by atoms with Crippen LogP contribution in [0.25, 0.3) is 0 Å². The Hall–Kier alpha value is -3.95. The third-order valence-electron chi connectivity index (χ3n) is 5.61. The number of hydrogen-bond acceptors (Lipinski definition) is 6. The Balaban J connectivity index is 1.66. The van der Waals surface area contributed by atoms with Gasteiger partial charge in [0, 0.05) is 17.6 Å². The van der Waals surface area contributed by atoms with Gasteiger partial charge in [-0.15, -0.1) is 0 Å². The van der Waals surface area contributed by atoms with Gasteiger partial charge in [-0.25, -0.2) is 14.8 Å². The van der Waals surface area contributed by atoms with Crippen molar-refractivity contribution in [2.45, 2.75) is 38.0 Å². The zero-order valence-electron chi connectivity index (χ0n) is 19.1. The first-order valence-electron chi connectivity index (χ1n) is 10.8. The van der Waals surface area contributed by atoms with Crippen molar-refractivity contribution in [1.29, 1.82) is 5.26 Å². The standard InChI is InChI=1S/C24H18ClF4N5O3/c1-12-2-14(6-16(26)3-12)19-8-17(32-33-22(19)35)10-34-11-31-21(24(27,28)29)20(23(34)36)37-18-5-13(9-30)4-15(25)7-18/h2-7,11,17,19,32H,8,10H2,1H3,(H,33,35). The summed E-state index contributed by atoms with van der Waals surface area (Å²) in [4.78, 5) is 28.9. The van der Waals surface area contributed by atoms with Gasteiger partial charge in [-0.3, -0.25) is 19.6 Å². The molecule has 13 heteroatoms. The third kappa shape index (κ3) is 5.90. The number of aromatic nitrogens is 2. The molecule has 1 aliphatic rings. The molecule has 3 aromatic rings. The molecule has 37 heavy (non-hydrogen) atoms. The quantitative estimate of drug-likeness (QED) is 0.474. The van der Waals surface area contributed by atoms with Crippen LogP contribution in [0.5, 0.6) is 11.5 Å². The number of nitrogens with zero attached hydrogens (tertiary/aromatic N) is 3. The maximum Gasteiger partial charge on any atom is 0.437 e. The van der Waals surface area contributed by atoms with Crippen molar-refractivity contribution < 1.29 is 27.1 Å². The van der Waals surface area contributed by atoms with Crippen molar-refractivity contribution in [2.24, 2.45) is 0 Å². The molecule has 192 valence electrons. The van der Waals surface area contributed by atoms with Crippen LogP contribution in [0, 0.1) is 24.1 Å². The van der Waals surface area contributed by atoms with E-state index in [9.17, 15) is 27.2 Å². The number of nitriles is 1. The molecule has 2 aromatic carbocycles. The zero-order chi connectivity index (χ0) is 26.9. The highest BCUT2D eigenvalue weighted by Crippen LogP contribution is 2.35. The van der Waals surface area contributed by atoms with Crippen LogP contribution in [0.3, 0.4) is 0 Å². The van der Waals surface area contributed by atoms with E-state index in [-0.39, 0.29) is 29.3 Å². The summed E-state index contributed by atoms with van der Waals surface area (Å²) in [5.74, 6) is -3.04. The minimum Gasteiger partial charge on any atom is -0.449 e. The van der Waals surface area contributed by atoms with E-state index in [1.165, 1.54) is 18.2 Å². The van der Waals surface area contributed by atoms with E-state index in [2.05, 4.69) is 15.8 Å². The number of hydrazine groups is 1. The van der Waals surface area contributed by atoms with Gasteiger partial charge in [0.25, 0.3) is 5.56 Å². The van der Waals surface area contributed by atoms with Crippen LogP contribution in [-0.2, 0) is 17.5 Å². The summed E-state index contributed by atoms with van der Waals surface area (Å²) in [6.07, 6.45) is -4.16. The minimum atomic E-state index is -5.01. The van der Waals surface area contributed by atoms with Crippen molar-refractivity contribution in [3.8, 4) is 17.6 Å². The van der Waals surface area contributed by atoms with Gasteiger partial charge >= 0.3 is 6.18 Å². The third-order valence-corrected chi connectivity index (χ3v) is 5.82. The number of carbonyl (C=O) groups excluding carboxylic acids is 1. The van der Waals surface area contributed by atoms with Gasteiger partial charge in [-0.2, -0.15) is 18.4 Å². The van der Waals surface area contributed by atoms with Gasteiger partial charge in [0.15, 0.2) is 5.69 Å². The highest BCUT2D eigenvalue weighted by Gasteiger charge is 2.39. The highest BCUT2D eigenvalue weighted by atomic mass is 35.5. The SMILES string of the molecule is Cc1cc(F)cc(C2CC(Cn3cnc(C(F)(F)F)c(Oc4cc(Cl)cc(C#N)c4)c3=O)NNC2=O)c1. The first-order chi connectivity index (χ1) is 17.4. The van der Waals surface area contributed by atoms with Crippen molar-refractivity contribution in [3.05, 3.63) is 86.3 Å². The normalized spacial score (nSPS) is 17.7. The largest absolute Gasteiger partial charge is 0.449 e. The molecule has 0 saturated carbocycles. The van der Waals surface area contributed by atoms with Gasteiger partial charge in [0.2, 0.25) is 11.7 Å². The Morgan fingerprint density at radius 1 is 1.22 bits per heavy atom. The molecule has 2 unspecified atom stereocenters. The molecule has 2 atom stereocenters. The molecule has 2 N–H and O–H groups in total. The average molecular weight is 536 g/mol. The molecule has 8 nitrogen and oxygen atoms in total. The fourth-order valence-corrected chi connectivity index (χ4v) is 4.24. The first-order valence-corrected chi connectivity index (χ1v) is 11.2. The van der Waals surface area contributed by atoms with Gasteiger partial charge in [-0.1, -0.05) is 17.7 Å². The predicted octanol–water partition coefficient (Wildman–Crippen LogP) is 4.20. The monoisotopic (exact) mass is 535 g/mol. The maximum absolute atomic E-state index is 13.9. The van der Waals surface area contributed by atoms with E-state index >= 15 is 0 Å². The minimum absolute atomic E-state index is 0.0149. The lowest BCUT2D eigenvalue weighted by molar-refractivity contribution is -0.142. The molecule has 1 saturated heterocycles. The molecule has 0 spiro atoms. The Morgan fingerprint density at radius 3 is 2.65 bits per heavy atom. The summed E-state index contributed by atoms with van der Waals surface area (Å²) >= 11 is 5.90. The van der Waals surface area contributed by atoms with Gasteiger partial charge in [0.1, 0.15) is 11.6 Å². The summed E-state index contributed by atoms with van der Waals surface area (Å²) < 4.78 is 61.0. The molecule has 1 fully saturated rings. The summed E-state index contributed by atoms with van der Waals surface area (Å²) in [5.41, 5.74) is 3.54. The number of rotatable bonds is 5. The summed E-state index contributed by atoms with van der Waals surface area (Å²) in [6.45, 7) is 1.49. The smallest absolute Gasteiger partial charge is 0.437 e. The van der Waals surface area contributed by atoms with Crippen LogP contribution in [0.2, 0.25) is 5.02 Å². The lowest BCUT2D eigenvalue weighted by atomic mass is 9.89. The number of alkyl halides is 3. The topological polar surface area (TPSA) is 109 Å². The molecule has 4 rings (SSSR count). The highest BCUT2D eigenvalue weighted by molar-refractivity contribution is 6.30. The molecule has 0 bridgehead atoms. The van der Waals surface area contributed by atoms with Gasteiger partial charge < -0.3 is 4.74 Å². The summed E-state index contributed by atoms with van der Waals surface area (Å²) in [5, 5.41) is 9.11. The number of halogens is 5. The van der Waals surface area contributed by atoms with Gasteiger partial charge in [-0.05, 0) is 54.8 Å². The first kappa shape index (κ1) is 26.1. The Labute approximate surface area is 212 Å². The van der Waals surface area contributed by atoms with Crippen LogP contribution in [-0.4, -0.2) is 21.5 Å². The fraction of sp³-hybridized carbons (Fsp3) is 0.250. The number of amides is 1. The maximum atomic E-state index is 13.9. The molecule has 0 aliphatic carbocycles. The number of ether oxygens (including phenoxy) is 1. The lowest BCUT2D eigenvalue weighted by Gasteiger charge is -2.31. The van der Waals surface area contributed by atoms with E-state index in [1.807, 2.05) is 0 Å². The molecule has 1 aromatic heterocycles. The lowest BCUT2D eigenvalue weighted by Crippen LogP contribution is -2.54. The van der Waals surface area contributed by atoms with E-state index < -0.39 is 46.9 Å². The van der Waals surface area contributed by atoms with Crippen molar-refractivity contribution in [3.63, 3.8) is 0 Å². The van der Waals surface area contributed by atoms with E-state index in [4.69, 9.17) is 21.6 Å². The molecular formula is C24H18ClF4N5O3. The van der Waals surface area contributed by atoms with Gasteiger partial charge in [0.05, 0.1) is 23.9 Å². The summed E-state index contributed by atoms with van der Waals surface area (Å²) in [6, 6.07) is 8.95. The second-order valence-corrected chi connectivity index (χ2v) is 8.88. The van der Waals surface area contributed by atoms with Crippen molar-refractivity contribution >= 4 is 17.5 Å². The number of aryl methyl sites for hydroxylation is 1. The molecule has 0 radical (unpaired) electrons. The molecule has 1 aliphatic heterocycles. The van der Waals surface area contributed by atoms with E-state index in [0.717, 1.165) is 23.0 Å². The number of benzene rings is 2. The molecular weight excluding hydrogens is 518 g/mol. The second-order valence-electron chi connectivity index (χ2n) is 8.45. The fourth-order valence-electron chi connectivity index (χ4n) is 4.02. The van der Waals surface area contributed by atoms with E-state index in [1.54, 1.807) is 19.1 Å². The second kappa shape index (κ2) is 10.2. The van der Waals surface area contributed by atoms with E-state index in [0.29, 0.717) is 11.1 Å². The zero-order valence-corrected chi connectivity index (χ0v) is 19.8. The average Bonchev–Trinajstić information content (AvgIpc) is 2.81. The summed E-state index contributed by atoms with van der Waals surface area (Å²) in [7, 11) is 0. The van der Waals surface area contributed by atoms with Crippen LogP contribution >= 0.6 is 11.6 Å². The van der Waals surface area contributed by atoms with Crippen LogP contribution in [0.4, 0.5) is 17.6 Å². The molecule has 2 heterocycles. The van der Waals surface area contributed by atoms with Crippen molar-refractivity contribution in [2.75, 3.05) is 0 Å². The van der Waals surface area contributed by atoms with Crippen LogP contribution in [0.1, 0.15) is 34.7 Å². The van der Waals surface area contributed by atoms with Crippen LogP contribution < -0.4 is 21.1 Å². The Kier molecular flexibility index (Phi) is 7.20. The molecule has 1 amide bonds. The number of hydrogen-bond donors (Lipinski definition) is 2.